The van der Waals surface area contributed by atoms with E-state index < -0.39 is 22.9 Å². The van der Waals surface area contributed by atoms with E-state index in [9.17, 15) is 19.7 Å². The van der Waals surface area contributed by atoms with Gasteiger partial charge in [-0.05, 0) is 38.5 Å². The SMILES string of the molecule is Cc1ccc(Cn2nc(C)c(C(=O)OC(C)C(=O)Nc3ccc([N+](=O)[O-])cc3)c2Cl)cc1. The molecule has 9 nitrogen and oxygen atoms in total. The number of ether oxygens (including phenoxy) is 1. The van der Waals surface area contributed by atoms with E-state index in [1.165, 1.54) is 35.9 Å². The van der Waals surface area contributed by atoms with Gasteiger partial charge in [-0.1, -0.05) is 41.4 Å². The Labute approximate surface area is 189 Å². The number of carbonyl (C=O) groups excluding carboxylic acids is 2. The molecule has 1 amide bonds. The van der Waals surface area contributed by atoms with Crippen molar-refractivity contribution in [2.75, 3.05) is 5.32 Å². The van der Waals surface area contributed by atoms with E-state index in [0.717, 1.165) is 11.1 Å². The van der Waals surface area contributed by atoms with Gasteiger partial charge in [0.25, 0.3) is 11.6 Å². The number of hydrogen-bond acceptors (Lipinski definition) is 6. The van der Waals surface area contributed by atoms with Crippen LogP contribution in [0.3, 0.4) is 0 Å². The Morgan fingerprint density at radius 2 is 1.78 bits per heavy atom. The van der Waals surface area contributed by atoms with Gasteiger partial charge in [0.2, 0.25) is 0 Å². The number of rotatable bonds is 7. The molecule has 1 heterocycles. The number of anilines is 1. The minimum atomic E-state index is -1.13. The highest BCUT2D eigenvalue weighted by atomic mass is 35.5. The van der Waals surface area contributed by atoms with Crippen molar-refractivity contribution in [3.63, 3.8) is 0 Å². The van der Waals surface area contributed by atoms with Crippen molar-refractivity contribution >= 4 is 34.9 Å². The minimum absolute atomic E-state index is 0.0914. The second kappa shape index (κ2) is 9.61. The molecular formula is C22H21ClN4O5. The Morgan fingerprint density at radius 1 is 1.16 bits per heavy atom. The zero-order valence-corrected chi connectivity index (χ0v) is 18.4. The number of nitrogens with zero attached hydrogens (tertiary/aromatic N) is 3. The normalized spacial score (nSPS) is 11.6. The average Bonchev–Trinajstić information content (AvgIpc) is 3.02. The van der Waals surface area contributed by atoms with Crippen molar-refractivity contribution in [2.45, 2.75) is 33.4 Å². The smallest absolute Gasteiger partial charge is 0.343 e. The zero-order chi connectivity index (χ0) is 23.4. The maximum atomic E-state index is 12.7. The lowest BCUT2D eigenvalue weighted by Gasteiger charge is -2.13. The molecular weight excluding hydrogens is 436 g/mol. The summed E-state index contributed by atoms with van der Waals surface area (Å²) in [5, 5.41) is 17.7. The summed E-state index contributed by atoms with van der Waals surface area (Å²) in [5.41, 5.74) is 2.81. The molecule has 0 saturated carbocycles. The highest BCUT2D eigenvalue weighted by Crippen LogP contribution is 2.23. The zero-order valence-electron chi connectivity index (χ0n) is 17.7. The van der Waals surface area contributed by atoms with Gasteiger partial charge in [-0.2, -0.15) is 5.10 Å². The first kappa shape index (κ1) is 23.0. The fourth-order valence-electron chi connectivity index (χ4n) is 2.94. The van der Waals surface area contributed by atoms with Crippen LogP contribution in [-0.2, 0) is 16.1 Å². The summed E-state index contributed by atoms with van der Waals surface area (Å²) >= 11 is 6.38. The number of nitro groups is 1. The molecule has 1 atom stereocenters. The Balaban J connectivity index is 1.66. The number of aryl methyl sites for hydroxylation is 2. The van der Waals surface area contributed by atoms with Crippen molar-refractivity contribution in [3.05, 3.63) is 86.2 Å². The largest absolute Gasteiger partial charge is 0.449 e. The molecule has 166 valence electrons. The predicted octanol–water partition coefficient (Wildman–Crippen LogP) is 4.29. The highest BCUT2D eigenvalue weighted by molar-refractivity contribution is 6.32. The second-order valence-corrected chi connectivity index (χ2v) is 7.59. The molecule has 1 unspecified atom stereocenters. The number of nitrogens with one attached hydrogen (secondary N) is 1. The van der Waals surface area contributed by atoms with Gasteiger partial charge in [0, 0.05) is 17.8 Å². The third kappa shape index (κ3) is 5.30. The van der Waals surface area contributed by atoms with Crippen LogP contribution in [0, 0.1) is 24.0 Å². The standard InChI is InChI=1S/C22H21ClN4O5/c1-13-4-6-16(7-5-13)12-26-20(23)19(14(2)25-26)22(29)32-15(3)21(28)24-17-8-10-18(11-9-17)27(30)31/h4-11,15H,12H2,1-3H3,(H,24,28). The van der Waals surface area contributed by atoms with Gasteiger partial charge in [-0.15, -0.1) is 0 Å². The molecule has 0 aliphatic heterocycles. The van der Waals surface area contributed by atoms with Crippen LogP contribution in [0.2, 0.25) is 5.15 Å². The first-order chi connectivity index (χ1) is 15.2. The van der Waals surface area contributed by atoms with Crippen molar-refractivity contribution in [3.8, 4) is 0 Å². The second-order valence-electron chi connectivity index (χ2n) is 7.24. The summed E-state index contributed by atoms with van der Waals surface area (Å²) in [6.07, 6.45) is -1.13. The van der Waals surface area contributed by atoms with Gasteiger partial charge >= 0.3 is 5.97 Å². The van der Waals surface area contributed by atoms with E-state index in [2.05, 4.69) is 10.4 Å². The highest BCUT2D eigenvalue weighted by Gasteiger charge is 2.26. The Bertz CT molecular complexity index is 1160. The lowest BCUT2D eigenvalue weighted by molar-refractivity contribution is -0.384. The number of nitro benzene ring substituents is 1. The molecule has 0 aliphatic rings. The minimum Gasteiger partial charge on any atom is -0.449 e. The van der Waals surface area contributed by atoms with Crippen LogP contribution in [0.15, 0.2) is 48.5 Å². The molecule has 3 rings (SSSR count). The van der Waals surface area contributed by atoms with Crippen molar-refractivity contribution in [1.82, 2.24) is 9.78 Å². The molecule has 0 aliphatic carbocycles. The summed E-state index contributed by atoms with van der Waals surface area (Å²) in [6.45, 7) is 5.42. The quantitative estimate of drug-likeness (QED) is 0.322. The number of hydrogen-bond donors (Lipinski definition) is 1. The lowest BCUT2D eigenvalue weighted by Crippen LogP contribution is -2.30. The molecule has 1 aromatic heterocycles. The summed E-state index contributed by atoms with van der Waals surface area (Å²) in [6, 6.07) is 13.1. The first-order valence-corrected chi connectivity index (χ1v) is 10.1. The molecule has 0 saturated heterocycles. The van der Waals surface area contributed by atoms with Crippen molar-refractivity contribution < 1.29 is 19.2 Å². The number of halogens is 1. The molecule has 3 aromatic rings. The van der Waals surface area contributed by atoms with Crippen LogP contribution >= 0.6 is 11.6 Å². The summed E-state index contributed by atoms with van der Waals surface area (Å²) in [7, 11) is 0. The maximum absolute atomic E-state index is 12.7. The Kier molecular flexibility index (Phi) is 6.89. The van der Waals surface area contributed by atoms with E-state index in [4.69, 9.17) is 16.3 Å². The molecule has 32 heavy (non-hydrogen) atoms. The Hall–Kier alpha value is -3.72. The van der Waals surface area contributed by atoms with Crippen LogP contribution in [0.5, 0.6) is 0 Å². The third-order valence-corrected chi connectivity index (χ3v) is 5.11. The molecule has 0 fully saturated rings. The fourth-order valence-corrected chi connectivity index (χ4v) is 3.25. The van der Waals surface area contributed by atoms with Crippen LogP contribution < -0.4 is 5.32 Å². The number of amides is 1. The maximum Gasteiger partial charge on any atom is 0.343 e. The molecule has 0 radical (unpaired) electrons. The number of non-ortho nitro benzene ring substituents is 1. The van der Waals surface area contributed by atoms with E-state index in [1.807, 2.05) is 31.2 Å². The van der Waals surface area contributed by atoms with Gasteiger partial charge in [0.15, 0.2) is 6.10 Å². The monoisotopic (exact) mass is 456 g/mol. The van der Waals surface area contributed by atoms with Gasteiger partial charge < -0.3 is 10.1 Å². The van der Waals surface area contributed by atoms with E-state index in [1.54, 1.807) is 6.92 Å². The molecule has 0 bridgehead atoms. The van der Waals surface area contributed by atoms with Gasteiger partial charge in [0.1, 0.15) is 10.7 Å². The number of carbonyl (C=O) groups is 2. The Morgan fingerprint density at radius 3 is 2.38 bits per heavy atom. The van der Waals surface area contributed by atoms with E-state index in [-0.39, 0.29) is 16.4 Å². The summed E-state index contributed by atoms with van der Waals surface area (Å²) in [4.78, 5) is 35.2. The van der Waals surface area contributed by atoms with E-state index in [0.29, 0.717) is 17.9 Å². The lowest BCUT2D eigenvalue weighted by atomic mass is 10.1. The first-order valence-electron chi connectivity index (χ1n) is 9.70. The summed E-state index contributed by atoms with van der Waals surface area (Å²) < 4.78 is 6.78. The fraction of sp³-hybridized carbons (Fsp3) is 0.227. The van der Waals surface area contributed by atoms with Crippen LogP contribution in [0.25, 0.3) is 0 Å². The van der Waals surface area contributed by atoms with Crippen molar-refractivity contribution in [2.24, 2.45) is 0 Å². The summed E-state index contributed by atoms with van der Waals surface area (Å²) in [5.74, 6) is -1.36. The molecule has 1 N–H and O–H groups in total. The topological polar surface area (TPSA) is 116 Å². The van der Waals surface area contributed by atoms with Gasteiger partial charge in [0.05, 0.1) is 17.2 Å². The number of aromatic nitrogens is 2. The van der Waals surface area contributed by atoms with Crippen molar-refractivity contribution in [1.29, 1.82) is 0 Å². The van der Waals surface area contributed by atoms with Gasteiger partial charge in [-0.25, -0.2) is 9.48 Å². The molecule has 10 heteroatoms. The van der Waals surface area contributed by atoms with Crippen LogP contribution in [-0.4, -0.2) is 32.7 Å². The average molecular weight is 457 g/mol. The molecule has 0 spiro atoms. The van der Waals surface area contributed by atoms with E-state index >= 15 is 0 Å². The third-order valence-electron chi connectivity index (χ3n) is 4.72. The number of benzene rings is 2. The number of esters is 1. The van der Waals surface area contributed by atoms with Crippen LogP contribution in [0.4, 0.5) is 11.4 Å². The van der Waals surface area contributed by atoms with Gasteiger partial charge in [-0.3, -0.25) is 14.9 Å². The molecule has 2 aromatic carbocycles. The predicted molar refractivity (Wildman–Crippen MR) is 119 cm³/mol. The van der Waals surface area contributed by atoms with Crippen LogP contribution in [0.1, 0.15) is 34.1 Å².